The maximum Gasteiger partial charge on any atom is 0.482 e. The Labute approximate surface area is 239 Å². The van der Waals surface area contributed by atoms with Crippen LogP contribution >= 0.6 is 0 Å². The molecular formula is C31H43BN4O4. The van der Waals surface area contributed by atoms with Crippen LogP contribution in [0.5, 0.6) is 0 Å². The number of urea groups is 1. The Hall–Kier alpha value is -2.83. The van der Waals surface area contributed by atoms with Gasteiger partial charge >= 0.3 is 13.1 Å². The normalized spacial score (nSPS) is 31.3. The van der Waals surface area contributed by atoms with Crippen molar-refractivity contribution in [2.45, 2.75) is 90.4 Å². The first-order valence-electron chi connectivity index (χ1n) is 14.8. The summed E-state index contributed by atoms with van der Waals surface area (Å²) in [5.74, 6) is 0.588. The Bertz CT molecular complexity index is 1180. The number of hydrogen-bond donors (Lipinski definition) is 2. The van der Waals surface area contributed by atoms with E-state index in [1.165, 1.54) is 6.42 Å². The van der Waals surface area contributed by atoms with Crippen LogP contribution in [0.25, 0.3) is 4.85 Å². The standard InChI is InChI=1S/C31H43BN4O4/c1-20(2)15-24(33-6)28(37)36-14-10-13-23(36)19-34-29(38)35-27(16-21-11-8-7-9-12-21)32-39-26-18-22-17-25(30(22,3)4)31(26,5)40-32/h7-9,11-12,15,20,22-23,25-27H,10,13-14,16-19H2,1-5H3,(H2,34,35,38)/t22-,23-,25-,26+,27-,31-/m0/s1. The van der Waals surface area contributed by atoms with Crippen molar-refractivity contribution in [1.82, 2.24) is 15.5 Å². The summed E-state index contributed by atoms with van der Waals surface area (Å²) in [5.41, 5.74) is 1.14. The number of carbonyl (C=O) groups is 2. The van der Waals surface area contributed by atoms with Gasteiger partial charge in [-0.2, -0.15) is 0 Å². The van der Waals surface area contributed by atoms with Crippen LogP contribution in [-0.4, -0.2) is 60.7 Å². The molecule has 9 heteroatoms. The van der Waals surface area contributed by atoms with Gasteiger partial charge in [0.2, 0.25) is 5.70 Å². The Morgan fingerprint density at radius 3 is 2.65 bits per heavy atom. The van der Waals surface area contributed by atoms with Crippen molar-refractivity contribution in [1.29, 1.82) is 0 Å². The molecule has 0 spiro atoms. The third-order valence-electron chi connectivity index (χ3n) is 9.88. The minimum atomic E-state index is -0.539. The van der Waals surface area contributed by atoms with Gasteiger partial charge in [-0.15, -0.1) is 0 Å². The number of allylic oxidation sites excluding steroid dienone is 1. The van der Waals surface area contributed by atoms with Crippen LogP contribution in [0.2, 0.25) is 0 Å². The largest absolute Gasteiger partial charge is 0.482 e. The predicted octanol–water partition coefficient (Wildman–Crippen LogP) is 4.61. The first kappa shape index (κ1) is 28.7. The van der Waals surface area contributed by atoms with Crippen LogP contribution < -0.4 is 10.6 Å². The average molecular weight is 547 g/mol. The van der Waals surface area contributed by atoms with Gasteiger partial charge in [-0.3, -0.25) is 4.79 Å². The summed E-state index contributed by atoms with van der Waals surface area (Å²) in [5, 5.41) is 6.15. The molecule has 3 aliphatic carbocycles. The fourth-order valence-corrected chi connectivity index (χ4v) is 7.52. The lowest BCUT2D eigenvalue weighted by Gasteiger charge is -2.64. The summed E-state index contributed by atoms with van der Waals surface area (Å²) < 4.78 is 13.3. The van der Waals surface area contributed by atoms with Crippen molar-refractivity contribution in [3.63, 3.8) is 0 Å². The molecule has 3 saturated carbocycles. The van der Waals surface area contributed by atoms with E-state index in [9.17, 15) is 9.59 Å². The third kappa shape index (κ3) is 5.41. The first-order chi connectivity index (χ1) is 19.0. The minimum absolute atomic E-state index is 0.0333. The molecule has 1 aromatic rings. The lowest BCUT2D eigenvalue weighted by atomic mass is 9.43. The molecule has 8 nitrogen and oxygen atoms in total. The van der Waals surface area contributed by atoms with Crippen molar-refractivity contribution in [3.8, 4) is 0 Å². The molecule has 2 bridgehead atoms. The van der Waals surface area contributed by atoms with E-state index in [1.807, 2.05) is 32.0 Å². The molecule has 3 amide bonds. The van der Waals surface area contributed by atoms with Gasteiger partial charge in [0, 0.05) is 19.1 Å². The summed E-state index contributed by atoms with van der Waals surface area (Å²) in [6.07, 6.45) is 6.14. The summed E-state index contributed by atoms with van der Waals surface area (Å²) >= 11 is 0. The third-order valence-corrected chi connectivity index (χ3v) is 9.88. The number of nitrogens with zero attached hydrogens (tertiary/aromatic N) is 2. The molecule has 5 aliphatic rings. The molecule has 2 heterocycles. The minimum Gasteiger partial charge on any atom is -0.404 e. The second kappa shape index (κ2) is 11.2. The second-order valence-corrected chi connectivity index (χ2v) is 13.2. The van der Waals surface area contributed by atoms with Crippen LogP contribution in [-0.2, 0) is 20.5 Å². The van der Waals surface area contributed by atoms with Crippen LogP contribution in [0.3, 0.4) is 0 Å². The second-order valence-electron chi connectivity index (χ2n) is 13.2. The fraction of sp³-hybridized carbons (Fsp3) is 0.645. The highest BCUT2D eigenvalue weighted by molar-refractivity contribution is 6.48. The molecule has 2 saturated heterocycles. The number of benzene rings is 1. The van der Waals surface area contributed by atoms with Gasteiger partial charge in [-0.05, 0) is 67.8 Å². The molecule has 0 aromatic heterocycles. The number of amides is 3. The Balaban J connectivity index is 1.24. The van der Waals surface area contributed by atoms with Gasteiger partial charge in [-0.1, -0.05) is 64.1 Å². The summed E-state index contributed by atoms with van der Waals surface area (Å²) in [6.45, 7) is 19.2. The van der Waals surface area contributed by atoms with Crippen molar-refractivity contribution in [2.24, 2.45) is 23.2 Å². The van der Waals surface area contributed by atoms with Crippen LogP contribution in [0.15, 0.2) is 42.1 Å². The van der Waals surface area contributed by atoms with E-state index in [1.54, 1.807) is 11.0 Å². The molecule has 1 aromatic carbocycles. The van der Waals surface area contributed by atoms with Crippen LogP contribution in [0.1, 0.15) is 65.9 Å². The molecule has 40 heavy (non-hydrogen) atoms. The molecule has 5 fully saturated rings. The molecular weight excluding hydrogens is 503 g/mol. The lowest BCUT2D eigenvalue weighted by molar-refractivity contribution is -0.199. The first-order valence-corrected chi connectivity index (χ1v) is 14.8. The number of hydrogen-bond acceptors (Lipinski definition) is 4. The van der Waals surface area contributed by atoms with E-state index in [-0.39, 0.29) is 52.7 Å². The zero-order chi connectivity index (χ0) is 28.7. The summed E-state index contributed by atoms with van der Waals surface area (Å²) in [4.78, 5) is 31.5. The van der Waals surface area contributed by atoms with Gasteiger partial charge in [0.15, 0.2) is 0 Å². The highest BCUT2D eigenvalue weighted by atomic mass is 16.7. The average Bonchev–Trinajstić information content (AvgIpc) is 3.54. The highest BCUT2D eigenvalue weighted by Gasteiger charge is 2.68. The molecule has 0 radical (unpaired) electrons. The highest BCUT2D eigenvalue weighted by Crippen LogP contribution is 2.65. The SMILES string of the molecule is [C-]#[N+]C(=CC(C)C)C(=O)N1CCC[C@H]1CNC(=O)N[C@@H](Cc1ccccc1)B1O[C@@H]2C[C@@H]3C[C@@H](C3(C)C)[C@]2(C)O1. The maximum atomic E-state index is 13.2. The Kier molecular flexibility index (Phi) is 8.04. The quantitative estimate of drug-likeness (QED) is 0.283. The smallest absolute Gasteiger partial charge is 0.404 e. The van der Waals surface area contributed by atoms with E-state index >= 15 is 0 Å². The van der Waals surface area contributed by atoms with E-state index in [2.05, 4.69) is 48.4 Å². The summed E-state index contributed by atoms with van der Waals surface area (Å²) in [6, 6.07) is 9.64. The van der Waals surface area contributed by atoms with E-state index in [4.69, 9.17) is 15.9 Å². The molecule has 214 valence electrons. The van der Waals surface area contributed by atoms with E-state index in [0.717, 1.165) is 24.8 Å². The zero-order valence-corrected chi connectivity index (χ0v) is 24.5. The maximum absolute atomic E-state index is 13.2. The Morgan fingerprint density at radius 1 is 1.23 bits per heavy atom. The predicted molar refractivity (Wildman–Crippen MR) is 155 cm³/mol. The number of nitrogens with one attached hydrogen (secondary N) is 2. The Morgan fingerprint density at radius 2 is 1.98 bits per heavy atom. The molecule has 0 unspecified atom stereocenters. The van der Waals surface area contributed by atoms with E-state index in [0.29, 0.717) is 31.3 Å². The number of rotatable bonds is 8. The number of carbonyl (C=O) groups excluding carboxylic acids is 2. The van der Waals surface area contributed by atoms with Gasteiger partial charge in [-0.25, -0.2) is 9.64 Å². The summed E-state index contributed by atoms with van der Waals surface area (Å²) in [7, 11) is -0.539. The van der Waals surface area contributed by atoms with Gasteiger partial charge in [0.05, 0.1) is 24.2 Å². The van der Waals surface area contributed by atoms with E-state index < -0.39 is 7.12 Å². The van der Waals surface area contributed by atoms with Crippen molar-refractivity contribution in [2.75, 3.05) is 13.1 Å². The van der Waals surface area contributed by atoms with Gasteiger partial charge in [0.1, 0.15) is 0 Å². The molecule has 6 rings (SSSR count). The van der Waals surface area contributed by atoms with Crippen molar-refractivity contribution >= 4 is 19.1 Å². The zero-order valence-electron chi connectivity index (χ0n) is 24.5. The monoisotopic (exact) mass is 546 g/mol. The molecule has 6 atom stereocenters. The van der Waals surface area contributed by atoms with Crippen LogP contribution in [0.4, 0.5) is 4.79 Å². The van der Waals surface area contributed by atoms with Gasteiger partial charge < -0.3 is 24.8 Å². The molecule has 2 aliphatic heterocycles. The van der Waals surface area contributed by atoms with Crippen LogP contribution in [0, 0.1) is 29.7 Å². The molecule has 2 N–H and O–H groups in total. The van der Waals surface area contributed by atoms with Gasteiger partial charge in [0.25, 0.3) is 5.91 Å². The fourth-order valence-electron chi connectivity index (χ4n) is 7.52. The lowest BCUT2D eigenvalue weighted by Crippen LogP contribution is -2.65. The van der Waals surface area contributed by atoms with Crippen molar-refractivity contribution < 1.29 is 18.9 Å². The van der Waals surface area contributed by atoms with Crippen molar-refractivity contribution in [3.05, 3.63) is 59.1 Å². The topological polar surface area (TPSA) is 84.3 Å². The number of likely N-dealkylation sites (tertiary alicyclic amines) is 1.